The Bertz CT molecular complexity index is 1390. The van der Waals surface area contributed by atoms with Crippen LogP contribution in [0, 0.1) is 0 Å². The van der Waals surface area contributed by atoms with Gasteiger partial charge in [0, 0.05) is 33.8 Å². The third kappa shape index (κ3) is 9.91. The molecule has 0 bridgehead atoms. The van der Waals surface area contributed by atoms with E-state index in [-0.39, 0.29) is 29.5 Å². The summed E-state index contributed by atoms with van der Waals surface area (Å²) in [5, 5.41) is 8.59. The van der Waals surface area contributed by atoms with E-state index in [0.29, 0.717) is 29.0 Å². The fourth-order valence-electron chi connectivity index (χ4n) is 4.29. The molecule has 3 aromatic rings. The van der Waals surface area contributed by atoms with Crippen LogP contribution < -0.4 is 21.7 Å². The normalized spacial score (nSPS) is 16.3. The average molecular weight is 603 g/mol. The van der Waals surface area contributed by atoms with Gasteiger partial charge in [0.05, 0.1) is 12.1 Å². The molecule has 5 N–H and O–H groups in total. The summed E-state index contributed by atoms with van der Waals surface area (Å²) in [6.07, 6.45) is -1.47. The predicted octanol–water partition coefficient (Wildman–Crippen LogP) is 4.73. The zero-order valence-electron chi connectivity index (χ0n) is 22.4. The maximum Gasteiger partial charge on any atom is 0.416 e. The maximum atomic E-state index is 12.8. The molecule has 4 amide bonds. The lowest BCUT2D eigenvalue weighted by Crippen LogP contribution is -2.54. The first-order valence-corrected chi connectivity index (χ1v) is 13.5. The molecule has 1 saturated carbocycles. The summed E-state index contributed by atoms with van der Waals surface area (Å²) in [4.78, 5) is 47.5. The molecular weight excluding hydrogens is 573 g/mol. The van der Waals surface area contributed by atoms with Crippen LogP contribution in [0.15, 0.2) is 78.9 Å². The first-order valence-electron chi connectivity index (χ1n) is 13.1. The Hall–Kier alpha value is -4.38. The van der Waals surface area contributed by atoms with Crippen molar-refractivity contribution < 1.29 is 32.3 Å². The van der Waals surface area contributed by atoms with Gasteiger partial charge in [-0.3, -0.25) is 19.2 Å². The second-order valence-electron chi connectivity index (χ2n) is 9.54. The Morgan fingerprint density at radius 3 is 1.93 bits per heavy atom. The summed E-state index contributed by atoms with van der Waals surface area (Å²) >= 11 is 5.85. The van der Waals surface area contributed by atoms with E-state index in [0.717, 1.165) is 31.0 Å². The fraction of sp³-hybridized carbons (Fsp3) is 0.267. The number of amides is 4. The minimum absolute atomic E-state index is 0.191. The van der Waals surface area contributed by atoms with Gasteiger partial charge < -0.3 is 21.7 Å². The highest BCUT2D eigenvalue weighted by Gasteiger charge is 2.31. The van der Waals surface area contributed by atoms with E-state index in [1.807, 2.05) is 6.07 Å². The van der Waals surface area contributed by atoms with E-state index in [1.54, 1.807) is 48.5 Å². The van der Waals surface area contributed by atoms with Crippen LogP contribution in [0.1, 0.15) is 62.3 Å². The summed E-state index contributed by atoms with van der Waals surface area (Å²) in [6, 6.07) is 18.6. The van der Waals surface area contributed by atoms with Gasteiger partial charge in [-0.05, 0) is 67.4 Å². The minimum atomic E-state index is -4.57. The van der Waals surface area contributed by atoms with Crippen molar-refractivity contribution in [2.45, 2.75) is 43.9 Å². The summed E-state index contributed by atoms with van der Waals surface area (Å²) in [6.45, 7) is -0.399. The van der Waals surface area contributed by atoms with Crippen molar-refractivity contribution in [2.24, 2.45) is 5.73 Å². The zero-order chi connectivity index (χ0) is 30.7. The summed E-state index contributed by atoms with van der Waals surface area (Å²) in [5.41, 5.74) is 4.84. The molecule has 0 aliphatic heterocycles. The van der Waals surface area contributed by atoms with Crippen LogP contribution in [0.4, 0.5) is 13.2 Å². The predicted molar refractivity (Wildman–Crippen MR) is 152 cm³/mol. The second kappa shape index (κ2) is 15.0. The van der Waals surface area contributed by atoms with E-state index < -0.39 is 30.1 Å². The Labute approximate surface area is 245 Å². The first kappa shape index (κ1) is 32.1. The maximum absolute atomic E-state index is 12.8. The van der Waals surface area contributed by atoms with Crippen LogP contribution >= 0.6 is 11.6 Å². The standard InChI is InChI=1S/C23H23ClF3N3O3.C7H7NO/c24-17-10-8-14(9-11-17)22(33)30-19-7-2-1-6-18(19)29-20(31)13-28-21(32)15-4-3-5-16(12-15)23(25,26)27;8-7(9)6-4-2-1-3-5-6/h3-5,8-12,18-19H,1-2,6-7,13H2,(H,28,32)(H,29,31)(H,30,33);1-5H,(H2,8,9)/t18-,19+;/m0./s1. The van der Waals surface area contributed by atoms with E-state index in [9.17, 15) is 32.3 Å². The smallest absolute Gasteiger partial charge is 0.366 e. The number of halogens is 4. The average Bonchev–Trinajstić information content (AvgIpc) is 2.97. The molecule has 3 aromatic carbocycles. The van der Waals surface area contributed by atoms with Gasteiger partial charge in [0.25, 0.3) is 11.8 Å². The van der Waals surface area contributed by atoms with Gasteiger partial charge in [-0.25, -0.2) is 0 Å². The van der Waals surface area contributed by atoms with Gasteiger partial charge in [-0.15, -0.1) is 0 Å². The van der Waals surface area contributed by atoms with Gasteiger partial charge >= 0.3 is 6.18 Å². The number of benzene rings is 3. The number of rotatable bonds is 7. The molecule has 42 heavy (non-hydrogen) atoms. The quantitative estimate of drug-likeness (QED) is 0.311. The van der Waals surface area contributed by atoms with Crippen molar-refractivity contribution in [1.82, 2.24) is 16.0 Å². The molecule has 1 fully saturated rings. The van der Waals surface area contributed by atoms with Crippen LogP contribution in [-0.4, -0.2) is 42.3 Å². The van der Waals surface area contributed by atoms with Gasteiger partial charge in [-0.1, -0.05) is 48.7 Å². The molecule has 1 aliphatic carbocycles. The van der Waals surface area contributed by atoms with Gasteiger partial charge in [0.2, 0.25) is 11.8 Å². The monoisotopic (exact) mass is 602 g/mol. The lowest BCUT2D eigenvalue weighted by molar-refractivity contribution is -0.137. The molecule has 222 valence electrons. The summed E-state index contributed by atoms with van der Waals surface area (Å²) in [5.74, 6) is -1.94. The topological polar surface area (TPSA) is 130 Å². The van der Waals surface area contributed by atoms with E-state index in [4.69, 9.17) is 17.3 Å². The molecule has 0 heterocycles. The van der Waals surface area contributed by atoms with E-state index in [1.165, 1.54) is 6.07 Å². The third-order valence-corrected chi connectivity index (χ3v) is 6.71. The Kier molecular flexibility index (Phi) is 11.5. The molecule has 0 radical (unpaired) electrons. The number of carbonyl (C=O) groups is 4. The van der Waals surface area contributed by atoms with Crippen molar-refractivity contribution >= 4 is 35.2 Å². The van der Waals surface area contributed by atoms with Gasteiger partial charge in [0.1, 0.15) is 0 Å². The number of hydrogen-bond donors (Lipinski definition) is 4. The molecule has 12 heteroatoms. The molecular formula is C30H30ClF3N4O4. The molecule has 8 nitrogen and oxygen atoms in total. The molecule has 1 aliphatic rings. The van der Waals surface area contributed by atoms with Crippen LogP contribution in [0.2, 0.25) is 5.02 Å². The Morgan fingerprint density at radius 2 is 1.36 bits per heavy atom. The number of primary amides is 1. The van der Waals surface area contributed by atoms with Crippen LogP contribution in [0.3, 0.4) is 0 Å². The van der Waals surface area contributed by atoms with E-state index in [2.05, 4.69) is 16.0 Å². The van der Waals surface area contributed by atoms with Crippen LogP contribution in [0.25, 0.3) is 0 Å². The van der Waals surface area contributed by atoms with Crippen molar-refractivity contribution in [3.8, 4) is 0 Å². The van der Waals surface area contributed by atoms with Gasteiger partial charge in [-0.2, -0.15) is 13.2 Å². The minimum Gasteiger partial charge on any atom is -0.366 e. The van der Waals surface area contributed by atoms with Crippen LogP contribution in [0.5, 0.6) is 0 Å². The fourth-order valence-corrected chi connectivity index (χ4v) is 4.41. The van der Waals surface area contributed by atoms with Gasteiger partial charge in [0.15, 0.2) is 0 Å². The van der Waals surface area contributed by atoms with Crippen molar-refractivity contribution in [3.05, 3.63) is 106 Å². The molecule has 0 aromatic heterocycles. The number of hydrogen-bond acceptors (Lipinski definition) is 4. The molecule has 2 atom stereocenters. The van der Waals surface area contributed by atoms with Crippen molar-refractivity contribution in [1.29, 1.82) is 0 Å². The number of nitrogens with two attached hydrogens (primary N) is 1. The second-order valence-corrected chi connectivity index (χ2v) is 9.97. The molecule has 0 saturated heterocycles. The third-order valence-electron chi connectivity index (χ3n) is 6.46. The highest BCUT2D eigenvalue weighted by Crippen LogP contribution is 2.29. The lowest BCUT2D eigenvalue weighted by atomic mass is 9.90. The largest absolute Gasteiger partial charge is 0.416 e. The lowest BCUT2D eigenvalue weighted by Gasteiger charge is -2.33. The summed E-state index contributed by atoms with van der Waals surface area (Å²) in [7, 11) is 0. The van der Waals surface area contributed by atoms with E-state index >= 15 is 0 Å². The number of alkyl halides is 3. The zero-order valence-corrected chi connectivity index (χ0v) is 23.2. The SMILES string of the molecule is NC(=O)c1ccccc1.O=C(CNC(=O)c1cccc(C(F)(F)F)c1)N[C@H]1CCCC[C@H]1NC(=O)c1ccc(Cl)cc1. The number of nitrogens with one attached hydrogen (secondary N) is 3. The summed E-state index contributed by atoms with van der Waals surface area (Å²) < 4.78 is 38.5. The Balaban J connectivity index is 0.000000458. The van der Waals surface area contributed by atoms with Crippen molar-refractivity contribution in [3.63, 3.8) is 0 Å². The highest BCUT2D eigenvalue weighted by atomic mass is 35.5. The highest BCUT2D eigenvalue weighted by molar-refractivity contribution is 6.30. The number of carbonyl (C=O) groups excluding carboxylic acids is 4. The molecule has 0 unspecified atom stereocenters. The molecule has 4 rings (SSSR count). The Morgan fingerprint density at radius 1 is 0.762 bits per heavy atom. The van der Waals surface area contributed by atoms with Crippen molar-refractivity contribution in [2.75, 3.05) is 6.54 Å². The molecule has 0 spiro atoms. The first-order chi connectivity index (χ1) is 19.9. The van der Waals surface area contributed by atoms with Crippen LogP contribution in [-0.2, 0) is 11.0 Å².